The highest BCUT2D eigenvalue weighted by Gasteiger charge is 2.16. The fourth-order valence-corrected chi connectivity index (χ4v) is 2.84. The van der Waals surface area contributed by atoms with Crippen molar-refractivity contribution in [1.82, 2.24) is 0 Å². The van der Waals surface area contributed by atoms with Crippen LogP contribution in [0.4, 0.5) is 8.78 Å². The lowest BCUT2D eigenvalue weighted by atomic mass is 10.0. The van der Waals surface area contributed by atoms with Gasteiger partial charge in [-0.2, -0.15) is 0 Å². The van der Waals surface area contributed by atoms with Gasteiger partial charge < -0.3 is 13.6 Å². The first-order chi connectivity index (χ1) is 13.0. The van der Waals surface area contributed by atoms with Crippen LogP contribution in [0.3, 0.4) is 0 Å². The van der Waals surface area contributed by atoms with Crippen molar-refractivity contribution in [2.24, 2.45) is 0 Å². The average molecular weight is 389 g/mol. The molecule has 0 saturated carbocycles. The first-order valence-corrected chi connectivity index (χ1v) is 8.27. The van der Waals surface area contributed by atoms with Gasteiger partial charge in [0.2, 0.25) is 0 Å². The van der Waals surface area contributed by atoms with Crippen LogP contribution in [-0.4, -0.2) is 5.24 Å². The third-order valence-corrected chi connectivity index (χ3v) is 4.22. The van der Waals surface area contributed by atoms with Gasteiger partial charge >= 0.3 is 0 Å². The Balaban J connectivity index is 1.55. The second-order valence-electron chi connectivity index (χ2n) is 5.74. The molecule has 0 amide bonds. The molecule has 7 heteroatoms. The summed E-state index contributed by atoms with van der Waals surface area (Å²) in [6.07, 6.45) is 1.32. The summed E-state index contributed by atoms with van der Waals surface area (Å²) in [4.78, 5) is 11.0. The first kappa shape index (κ1) is 17.3. The normalized spacial score (nSPS) is 11.1. The van der Waals surface area contributed by atoms with Gasteiger partial charge in [-0.3, -0.25) is 4.79 Å². The molecule has 0 spiro atoms. The second kappa shape index (κ2) is 6.89. The lowest BCUT2D eigenvalue weighted by Gasteiger charge is -2.07. The van der Waals surface area contributed by atoms with Crippen LogP contribution in [0.15, 0.2) is 63.6 Å². The highest BCUT2D eigenvalue weighted by molar-refractivity contribution is 6.67. The lowest BCUT2D eigenvalue weighted by molar-refractivity contribution is 0.105. The van der Waals surface area contributed by atoms with Gasteiger partial charge in [0.15, 0.2) is 17.4 Å². The number of ether oxygens (including phenoxy) is 1. The van der Waals surface area contributed by atoms with Crippen LogP contribution in [0.25, 0.3) is 22.1 Å². The molecule has 0 unspecified atom stereocenters. The Morgan fingerprint density at radius 1 is 1.07 bits per heavy atom. The molecule has 0 saturated heterocycles. The second-order valence-corrected chi connectivity index (χ2v) is 6.08. The number of carbonyl (C=O) groups is 1. The van der Waals surface area contributed by atoms with Crippen LogP contribution in [0, 0.1) is 11.6 Å². The summed E-state index contributed by atoms with van der Waals surface area (Å²) < 4.78 is 43.8. The number of halogens is 3. The SMILES string of the molecule is O=C(Cl)c1ccc(COc2ccc(-c3cc(F)c(F)c4ccoc34)cc2)o1. The topological polar surface area (TPSA) is 52.6 Å². The third-order valence-electron chi connectivity index (χ3n) is 4.03. The Bertz CT molecular complexity index is 1130. The molecule has 2 aromatic heterocycles. The average Bonchev–Trinajstić information content (AvgIpc) is 3.33. The van der Waals surface area contributed by atoms with Crippen LogP contribution in [0.5, 0.6) is 5.75 Å². The monoisotopic (exact) mass is 388 g/mol. The summed E-state index contributed by atoms with van der Waals surface area (Å²) >= 11 is 5.33. The quantitative estimate of drug-likeness (QED) is 0.398. The summed E-state index contributed by atoms with van der Waals surface area (Å²) in [5.74, 6) is -0.850. The molecule has 0 bridgehead atoms. The molecule has 0 aliphatic heterocycles. The smallest absolute Gasteiger partial charge is 0.287 e. The van der Waals surface area contributed by atoms with Crippen molar-refractivity contribution in [1.29, 1.82) is 0 Å². The van der Waals surface area contributed by atoms with Gasteiger partial charge in [-0.1, -0.05) is 12.1 Å². The number of hydrogen-bond acceptors (Lipinski definition) is 4. The number of hydrogen-bond donors (Lipinski definition) is 0. The van der Waals surface area contributed by atoms with Crippen molar-refractivity contribution in [3.05, 3.63) is 77.9 Å². The van der Waals surface area contributed by atoms with E-state index in [-0.39, 0.29) is 23.3 Å². The van der Waals surface area contributed by atoms with E-state index in [4.69, 9.17) is 25.2 Å². The van der Waals surface area contributed by atoms with E-state index >= 15 is 0 Å². The van der Waals surface area contributed by atoms with E-state index in [0.29, 0.717) is 22.6 Å². The number of benzene rings is 2. The van der Waals surface area contributed by atoms with Crippen LogP contribution >= 0.6 is 11.6 Å². The molecular formula is C20H11ClF2O4. The van der Waals surface area contributed by atoms with E-state index in [2.05, 4.69) is 0 Å². The number of fused-ring (bicyclic) bond motifs is 1. The van der Waals surface area contributed by atoms with E-state index in [9.17, 15) is 13.6 Å². The fourth-order valence-electron chi connectivity index (χ4n) is 2.74. The largest absolute Gasteiger partial charge is 0.486 e. The van der Waals surface area contributed by atoms with Crippen molar-refractivity contribution in [3.8, 4) is 16.9 Å². The summed E-state index contributed by atoms with van der Waals surface area (Å²) in [5.41, 5.74) is 1.36. The lowest BCUT2D eigenvalue weighted by Crippen LogP contribution is -1.94. The molecule has 0 radical (unpaired) electrons. The zero-order valence-corrected chi connectivity index (χ0v) is 14.4. The Morgan fingerprint density at radius 2 is 1.85 bits per heavy atom. The van der Waals surface area contributed by atoms with Gasteiger partial charge in [-0.25, -0.2) is 8.78 Å². The Morgan fingerprint density at radius 3 is 2.56 bits per heavy atom. The Labute approximate surface area is 156 Å². The molecule has 4 aromatic rings. The number of rotatable bonds is 5. The molecule has 0 N–H and O–H groups in total. The standard InChI is InChI=1S/C20H11ClF2O4/c21-20(24)17-6-5-13(27-17)10-26-12-3-1-11(2-4-12)15-9-16(22)18(23)14-7-8-25-19(14)15/h1-9H,10H2. The maximum absolute atomic E-state index is 13.8. The molecule has 2 aromatic carbocycles. The molecule has 0 atom stereocenters. The van der Waals surface area contributed by atoms with Crippen molar-refractivity contribution < 1.29 is 27.1 Å². The molecule has 4 nitrogen and oxygen atoms in total. The van der Waals surface area contributed by atoms with Gasteiger partial charge in [0.25, 0.3) is 5.24 Å². The maximum Gasteiger partial charge on any atom is 0.287 e. The first-order valence-electron chi connectivity index (χ1n) is 7.90. The van der Waals surface area contributed by atoms with Gasteiger partial charge in [0.05, 0.1) is 11.6 Å². The number of carbonyl (C=O) groups excluding carboxylic acids is 1. The molecule has 136 valence electrons. The van der Waals surface area contributed by atoms with E-state index in [1.165, 1.54) is 18.4 Å². The molecule has 2 heterocycles. The maximum atomic E-state index is 13.8. The fraction of sp³-hybridized carbons (Fsp3) is 0.0500. The third kappa shape index (κ3) is 3.31. The highest BCUT2D eigenvalue weighted by Crippen LogP contribution is 2.33. The zero-order valence-electron chi connectivity index (χ0n) is 13.7. The van der Waals surface area contributed by atoms with Gasteiger partial charge in [-0.15, -0.1) is 0 Å². The predicted molar refractivity (Wildman–Crippen MR) is 94.8 cm³/mol. The summed E-state index contributed by atoms with van der Waals surface area (Å²) in [7, 11) is 0. The van der Waals surface area contributed by atoms with E-state index in [0.717, 1.165) is 6.07 Å². The molecule has 4 rings (SSSR count). The zero-order chi connectivity index (χ0) is 19.0. The molecule has 0 fully saturated rings. The predicted octanol–water partition coefficient (Wildman–Crippen LogP) is 5.93. The van der Waals surface area contributed by atoms with Gasteiger partial charge in [0, 0.05) is 5.56 Å². The van der Waals surface area contributed by atoms with E-state index in [1.807, 2.05) is 0 Å². The Kier molecular flexibility index (Phi) is 4.41. The molecular weight excluding hydrogens is 378 g/mol. The molecule has 27 heavy (non-hydrogen) atoms. The van der Waals surface area contributed by atoms with E-state index in [1.54, 1.807) is 30.3 Å². The minimum Gasteiger partial charge on any atom is -0.486 e. The molecule has 0 aliphatic carbocycles. The Hall–Kier alpha value is -3.12. The van der Waals surface area contributed by atoms with Crippen molar-refractivity contribution in [2.45, 2.75) is 6.61 Å². The summed E-state index contributed by atoms with van der Waals surface area (Å²) in [5, 5.41) is -0.589. The van der Waals surface area contributed by atoms with Gasteiger partial charge in [-0.05, 0) is 53.6 Å². The van der Waals surface area contributed by atoms with Crippen LogP contribution in [-0.2, 0) is 6.61 Å². The molecule has 0 aliphatic rings. The van der Waals surface area contributed by atoms with Crippen molar-refractivity contribution >= 4 is 27.8 Å². The van der Waals surface area contributed by atoms with Crippen LogP contribution < -0.4 is 4.74 Å². The summed E-state index contributed by atoms with van der Waals surface area (Å²) in [6.45, 7) is 0.108. The van der Waals surface area contributed by atoms with Crippen molar-refractivity contribution in [2.75, 3.05) is 0 Å². The van der Waals surface area contributed by atoms with E-state index < -0.39 is 16.9 Å². The van der Waals surface area contributed by atoms with Crippen LogP contribution in [0.2, 0.25) is 0 Å². The van der Waals surface area contributed by atoms with Crippen molar-refractivity contribution in [3.63, 3.8) is 0 Å². The summed E-state index contributed by atoms with van der Waals surface area (Å²) in [6, 6.07) is 12.3. The van der Waals surface area contributed by atoms with Gasteiger partial charge in [0.1, 0.15) is 23.7 Å². The van der Waals surface area contributed by atoms with Crippen LogP contribution in [0.1, 0.15) is 16.3 Å². The number of furan rings is 2. The minimum absolute atomic E-state index is 0.0476. The minimum atomic E-state index is -0.943. The highest BCUT2D eigenvalue weighted by atomic mass is 35.5.